The second-order valence-corrected chi connectivity index (χ2v) is 17.8. The van der Waals surface area contributed by atoms with E-state index in [0.717, 1.165) is 55.1 Å². The van der Waals surface area contributed by atoms with Gasteiger partial charge >= 0.3 is 0 Å². The summed E-state index contributed by atoms with van der Waals surface area (Å²) in [5.41, 5.74) is 9.78. The van der Waals surface area contributed by atoms with Crippen molar-refractivity contribution < 1.29 is 0 Å². The van der Waals surface area contributed by atoms with Crippen LogP contribution in [0.25, 0.3) is 131 Å². The predicted octanol–water partition coefficient (Wildman–Crippen LogP) is 15.7. The maximum atomic E-state index is 5.35. The number of benzene rings is 10. The highest BCUT2D eigenvalue weighted by molar-refractivity contribution is 7.26. The molecule has 14 aromatic rings. The quantitative estimate of drug-likeness (QED) is 0.173. The molecular weight excluding hydrogens is 811 g/mol. The zero-order chi connectivity index (χ0) is 42.6. The Balaban J connectivity index is 1.11. The smallest absolute Gasteiger partial charge is 0.238 e. The molecule has 0 amide bonds. The number of rotatable bonds is 5. The molecule has 65 heavy (non-hydrogen) atoms. The lowest BCUT2D eigenvalue weighted by Gasteiger charge is -2.14. The van der Waals surface area contributed by atoms with Gasteiger partial charge < -0.3 is 4.57 Å². The van der Waals surface area contributed by atoms with E-state index in [9.17, 15) is 0 Å². The second kappa shape index (κ2) is 14.0. The van der Waals surface area contributed by atoms with Crippen LogP contribution in [0, 0.1) is 0 Å². The molecule has 302 valence electrons. The molecule has 0 N–H and O–H groups in total. The fourth-order valence-electron chi connectivity index (χ4n) is 10.3. The average Bonchev–Trinajstić information content (AvgIpc) is 4.04. The highest BCUT2D eigenvalue weighted by Crippen LogP contribution is 2.47. The number of nitrogens with zero attached hydrogens (tertiary/aromatic N) is 5. The van der Waals surface area contributed by atoms with Crippen molar-refractivity contribution in [1.82, 2.24) is 24.1 Å². The molecule has 4 aromatic heterocycles. The van der Waals surface area contributed by atoms with E-state index in [2.05, 4.69) is 185 Å². The first kappa shape index (κ1) is 36.1. The molecule has 10 aromatic carbocycles. The van der Waals surface area contributed by atoms with Gasteiger partial charge in [0.2, 0.25) is 5.95 Å². The number of para-hydroxylation sites is 1. The minimum Gasteiger partial charge on any atom is -0.309 e. The molecule has 14 rings (SSSR count). The molecule has 0 atom stereocenters. The van der Waals surface area contributed by atoms with Crippen LogP contribution in [0.5, 0.6) is 0 Å². The van der Waals surface area contributed by atoms with Crippen molar-refractivity contribution in [3.63, 3.8) is 0 Å². The van der Waals surface area contributed by atoms with E-state index in [-0.39, 0.29) is 0 Å². The minimum atomic E-state index is 0.573. The van der Waals surface area contributed by atoms with Crippen LogP contribution >= 0.6 is 11.3 Å². The summed E-state index contributed by atoms with van der Waals surface area (Å²) in [6.45, 7) is 0. The van der Waals surface area contributed by atoms with Crippen LogP contribution in [0.1, 0.15) is 0 Å². The molecule has 0 spiro atoms. The van der Waals surface area contributed by atoms with E-state index < -0.39 is 0 Å². The maximum Gasteiger partial charge on any atom is 0.238 e. The van der Waals surface area contributed by atoms with E-state index in [4.69, 9.17) is 15.0 Å². The molecular formula is C59H35N5S. The zero-order valence-electron chi connectivity index (χ0n) is 34.9. The monoisotopic (exact) mass is 845 g/mol. The lowest BCUT2D eigenvalue weighted by molar-refractivity contribution is 0.955. The molecule has 0 aliphatic carbocycles. The fraction of sp³-hybridized carbons (Fsp3) is 0. The maximum absolute atomic E-state index is 5.35. The molecule has 4 heterocycles. The van der Waals surface area contributed by atoms with Gasteiger partial charge in [-0.15, -0.1) is 11.3 Å². The van der Waals surface area contributed by atoms with Gasteiger partial charge in [-0.25, -0.2) is 4.98 Å². The summed E-state index contributed by atoms with van der Waals surface area (Å²) in [5, 5.41) is 12.1. The second-order valence-electron chi connectivity index (χ2n) is 16.7. The Morgan fingerprint density at radius 3 is 1.72 bits per heavy atom. The number of fused-ring (bicyclic) bond motifs is 14. The summed E-state index contributed by atoms with van der Waals surface area (Å²) < 4.78 is 7.33. The van der Waals surface area contributed by atoms with Crippen LogP contribution in [-0.4, -0.2) is 24.1 Å². The molecule has 0 radical (unpaired) electrons. The van der Waals surface area contributed by atoms with Gasteiger partial charge in [0, 0.05) is 63.9 Å². The van der Waals surface area contributed by atoms with Gasteiger partial charge in [-0.1, -0.05) is 170 Å². The van der Waals surface area contributed by atoms with E-state index in [1.807, 2.05) is 47.7 Å². The van der Waals surface area contributed by atoms with E-state index in [0.29, 0.717) is 17.6 Å². The number of aromatic nitrogens is 5. The Kier molecular flexibility index (Phi) is 7.79. The summed E-state index contributed by atoms with van der Waals surface area (Å²) in [6.07, 6.45) is 0. The predicted molar refractivity (Wildman–Crippen MR) is 273 cm³/mol. The standard InChI is InChI=1S/C59H35N5S/c1-4-17-37(18-5-1)57-60-58(38-19-6-2-7-20-38)62-59(61-57)64-51-35-47(42-24-12-13-26-44(42)53(51)46-30-28-36-16-10-11-23-41(36)55(46)64)39-29-32-49-48(34-39)54-50(63(49)40-21-8-3-9-22-40)33-31-45-43-25-14-15-27-52(43)65-56(45)54/h1-35H. The molecule has 0 fully saturated rings. The molecule has 0 unspecified atom stereocenters. The highest BCUT2D eigenvalue weighted by Gasteiger charge is 2.24. The van der Waals surface area contributed by atoms with Gasteiger partial charge in [0.25, 0.3) is 0 Å². The molecule has 0 aliphatic rings. The van der Waals surface area contributed by atoms with Crippen LogP contribution < -0.4 is 0 Å². The highest BCUT2D eigenvalue weighted by atomic mass is 32.1. The van der Waals surface area contributed by atoms with E-state index in [1.54, 1.807) is 0 Å². The van der Waals surface area contributed by atoms with Gasteiger partial charge in [0.1, 0.15) is 0 Å². The van der Waals surface area contributed by atoms with Gasteiger partial charge in [-0.05, 0) is 69.8 Å². The van der Waals surface area contributed by atoms with E-state index in [1.165, 1.54) is 58.1 Å². The Hall–Kier alpha value is -8.45. The molecule has 0 saturated carbocycles. The number of hydrogen-bond acceptors (Lipinski definition) is 4. The minimum absolute atomic E-state index is 0.573. The lowest BCUT2D eigenvalue weighted by atomic mass is 9.93. The van der Waals surface area contributed by atoms with Gasteiger partial charge in [0.05, 0.1) is 22.1 Å². The summed E-state index contributed by atoms with van der Waals surface area (Å²) in [5.74, 6) is 1.82. The lowest BCUT2D eigenvalue weighted by Crippen LogP contribution is -2.06. The zero-order valence-corrected chi connectivity index (χ0v) is 35.7. The molecule has 5 nitrogen and oxygen atoms in total. The Labute approximate surface area is 376 Å². The molecule has 0 saturated heterocycles. The van der Waals surface area contributed by atoms with Crippen LogP contribution in [0.3, 0.4) is 0 Å². The van der Waals surface area contributed by atoms with E-state index >= 15 is 0 Å². The van der Waals surface area contributed by atoms with Gasteiger partial charge in [0.15, 0.2) is 11.6 Å². The first-order chi connectivity index (χ1) is 32.2. The van der Waals surface area contributed by atoms with Crippen LogP contribution in [0.2, 0.25) is 0 Å². The largest absolute Gasteiger partial charge is 0.309 e. The third kappa shape index (κ3) is 5.41. The van der Waals surface area contributed by atoms with Crippen LogP contribution in [0.4, 0.5) is 0 Å². The van der Waals surface area contributed by atoms with Crippen molar-refractivity contribution in [2.45, 2.75) is 0 Å². The number of hydrogen-bond donors (Lipinski definition) is 0. The Morgan fingerprint density at radius 2 is 0.969 bits per heavy atom. The number of thiophene rings is 1. The van der Waals surface area contributed by atoms with Gasteiger partial charge in [-0.2, -0.15) is 9.97 Å². The van der Waals surface area contributed by atoms with Crippen molar-refractivity contribution in [2.75, 3.05) is 0 Å². The fourth-order valence-corrected chi connectivity index (χ4v) is 11.6. The van der Waals surface area contributed by atoms with Crippen LogP contribution in [0.15, 0.2) is 212 Å². The third-order valence-corrected chi connectivity index (χ3v) is 14.3. The summed E-state index contributed by atoms with van der Waals surface area (Å²) >= 11 is 1.89. The first-order valence-electron chi connectivity index (χ1n) is 21.9. The van der Waals surface area contributed by atoms with Gasteiger partial charge in [-0.3, -0.25) is 4.57 Å². The van der Waals surface area contributed by atoms with Crippen molar-refractivity contribution in [1.29, 1.82) is 0 Å². The summed E-state index contributed by atoms with van der Waals surface area (Å²) in [4.78, 5) is 15.8. The Bertz CT molecular complexity index is 4170. The Morgan fingerprint density at radius 1 is 0.354 bits per heavy atom. The normalized spacial score (nSPS) is 12.0. The third-order valence-electron chi connectivity index (χ3n) is 13.1. The van der Waals surface area contributed by atoms with Crippen molar-refractivity contribution in [2.24, 2.45) is 0 Å². The topological polar surface area (TPSA) is 48.5 Å². The first-order valence-corrected chi connectivity index (χ1v) is 22.8. The summed E-state index contributed by atoms with van der Waals surface area (Å²) in [6, 6.07) is 76.1. The van der Waals surface area contributed by atoms with Crippen molar-refractivity contribution in [3.05, 3.63) is 212 Å². The molecule has 0 bridgehead atoms. The van der Waals surface area contributed by atoms with Crippen molar-refractivity contribution in [3.8, 4) is 45.5 Å². The SMILES string of the molecule is c1ccc(-c2nc(-c3ccccc3)nc(-n3c4cc(-c5ccc6c(c5)c5c7sc8ccccc8c7ccc5n6-c5ccccc5)c5ccccc5c4c4ccc5ccccc5c43)n2)cc1. The molecule has 0 aliphatic heterocycles. The van der Waals surface area contributed by atoms with Crippen LogP contribution in [-0.2, 0) is 0 Å². The summed E-state index contributed by atoms with van der Waals surface area (Å²) in [7, 11) is 0. The average molecular weight is 846 g/mol. The van der Waals surface area contributed by atoms with Crippen molar-refractivity contribution >= 4 is 96.7 Å². The molecule has 6 heteroatoms.